The van der Waals surface area contributed by atoms with Crippen LogP contribution in [-0.4, -0.2) is 40.1 Å². The van der Waals surface area contributed by atoms with Crippen molar-refractivity contribution in [3.8, 4) is 10.4 Å². The molecule has 118 valence electrons. The van der Waals surface area contributed by atoms with Crippen molar-refractivity contribution in [2.45, 2.75) is 17.2 Å². The topological polar surface area (TPSA) is 46.1 Å². The average molecular weight is 343 g/mol. The highest BCUT2D eigenvalue weighted by Crippen LogP contribution is 2.37. The van der Waals surface area contributed by atoms with Gasteiger partial charge in [-0.3, -0.25) is 4.79 Å². The number of carbonyl (C=O) groups is 1. The Morgan fingerprint density at radius 2 is 1.96 bits per heavy atom. The van der Waals surface area contributed by atoms with E-state index in [0.29, 0.717) is 0 Å². The van der Waals surface area contributed by atoms with E-state index in [1.165, 1.54) is 17.3 Å². The lowest BCUT2D eigenvalue weighted by atomic mass is 10.2. The molecule has 0 saturated heterocycles. The summed E-state index contributed by atoms with van der Waals surface area (Å²) in [5.74, 6) is 0.0836. The van der Waals surface area contributed by atoms with Crippen molar-refractivity contribution in [2.75, 3.05) is 14.1 Å². The van der Waals surface area contributed by atoms with Crippen LogP contribution in [0.2, 0.25) is 0 Å². The summed E-state index contributed by atoms with van der Waals surface area (Å²) in [5, 5.41) is 1.69. The van der Waals surface area contributed by atoms with Gasteiger partial charge in [0.2, 0.25) is 5.91 Å². The minimum atomic E-state index is -0.178. The highest BCUT2D eigenvalue weighted by molar-refractivity contribution is 8.00. The second-order valence-corrected chi connectivity index (χ2v) is 7.73. The summed E-state index contributed by atoms with van der Waals surface area (Å²) in [5.41, 5.74) is 1.17. The average Bonchev–Trinajstić information content (AvgIpc) is 3.00. The lowest BCUT2D eigenvalue weighted by Crippen LogP contribution is -2.29. The number of hydrogen-bond acceptors (Lipinski definition) is 5. The molecule has 0 radical (unpaired) electrons. The number of nitrogens with zero attached hydrogens (tertiary/aromatic N) is 3. The maximum absolute atomic E-state index is 12.1. The van der Waals surface area contributed by atoms with Gasteiger partial charge in [-0.1, -0.05) is 42.1 Å². The minimum absolute atomic E-state index is 0.0836. The standard InChI is InChI=1S/C17H17N3OS2/c1-11(17(21)20(2)3)22-15-13-9-14(12-7-5-4-6-8-12)23-16(13)19-10-18-15/h4-11H,1-3H3/t11-/m1/s1. The Morgan fingerprint density at radius 3 is 2.65 bits per heavy atom. The van der Waals surface area contributed by atoms with Gasteiger partial charge in [-0.25, -0.2) is 9.97 Å². The van der Waals surface area contributed by atoms with Crippen LogP contribution < -0.4 is 0 Å². The summed E-state index contributed by atoms with van der Waals surface area (Å²) in [6, 6.07) is 12.3. The van der Waals surface area contributed by atoms with E-state index in [9.17, 15) is 4.79 Å². The van der Waals surface area contributed by atoms with Gasteiger partial charge in [0.05, 0.1) is 5.25 Å². The first-order chi connectivity index (χ1) is 11.1. The SMILES string of the molecule is C[C@@H](Sc1ncnc2sc(-c3ccccc3)cc12)C(=O)N(C)C. The van der Waals surface area contributed by atoms with Crippen LogP contribution in [0.5, 0.6) is 0 Å². The van der Waals surface area contributed by atoms with Gasteiger partial charge in [0, 0.05) is 24.4 Å². The van der Waals surface area contributed by atoms with Gasteiger partial charge in [-0.2, -0.15) is 0 Å². The minimum Gasteiger partial charge on any atom is -0.348 e. The lowest BCUT2D eigenvalue weighted by Gasteiger charge is -2.15. The highest BCUT2D eigenvalue weighted by Gasteiger charge is 2.19. The van der Waals surface area contributed by atoms with Gasteiger partial charge in [-0.15, -0.1) is 11.3 Å². The molecule has 1 amide bonds. The van der Waals surface area contributed by atoms with E-state index >= 15 is 0 Å². The number of hydrogen-bond donors (Lipinski definition) is 0. The maximum atomic E-state index is 12.1. The van der Waals surface area contributed by atoms with E-state index in [-0.39, 0.29) is 11.2 Å². The second kappa shape index (κ2) is 6.68. The molecule has 3 aromatic rings. The predicted octanol–water partition coefficient (Wildman–Crippen LogP) is 3.93. The first kappa shape index (κ1) is 16.0. The molecule has 0 aliphatic carbocycles. The van der Waals surface area contributed by atoms with Crippen LogP contribution in [0, 0.1) is 0 Å². The van der Waals surface area contributed by atoms with Gasteiger partial charge >= 0.3 is 0 Å². The third-order valence-corrected chi connectivity index (χ3v) is 5.62. The molecule has 0 bridgehead atoms. The molecule has 6 heteroatoms. The summed E-state index contributed by atoms with van der Waals surface area (Å²) in [4.78, 5) is 24.6. The fourth-order valence-corrected chi connectivity index (χ4v) is 4.36. The van der Waals surface area contributed by atoms with Crippen molar-refractivity contribution in [1.29, 1.82) is 0 Å². The van der Waals surface area contributed by atoms with Crippen molar-refractivity contribution in [3.05, 3.63) is 42.7 Å². The Morgan fingerprint density at radius 1 is 1.22 bits per heavy atom. The van der Waals surface area contributed by atoms with Crippen LogP contribution in [0.1, 0.15) is 6.92 Å². The second-order valence-electron chi connectivity index (χ2n) is 5.37. The Hall–Kier alpha value is -1.92. The normalized spacial score (nSPS) is 12.3. The molecule has 2 aromatic heterocycles. The number of fused-ring (bicyclic) bond motifs is 1. The van der Waals surface area contributed by atoms with Crippen molar-refractivity contribution in [2.24, 2.45) is 0 Å². The molecule has 1 aromatic carbocycles. The fraction of sp³-hybridized carbons (Fsp3) is 0.235. The fourth-order valence-electron chi connectivity index (χ4n) is 2.25. The van der Waals surface area contributed by atoms with E-state index in [1.54, 1.807) is 36.7 Å². The van der Waals surface area contributed by atoms with E-state index in [2.05, 4.69) is 28.2 Å². The quantitative estimate of drug-likeness (QED) is 0.532. The smallest absolute Gasteiger partial charge is 0.235 e. The molecule has 0 fully saturated rings. The maximum Gasteiger partial charge on any atom is 0.235 e. The number of amides is 1. The van der Waals surface area contributed by atoms with Crippen LogP contribution in [0.25, 0.3) is 20.7 Å². The number of aromatic nitrogens is 2. The first-order valence-corrected chi connectivity index (χ1v) is 8.93. The highest BCUT2D eigenvalue weighted by atomic mass is 32.2. The predicted molar refractivity (Wildman–Crippen MR) is 96.9 cm³/mol. The number of thiophene rings is 1. The van der Waals surface area contributed by atoms with E-state index < -0.39 is 0 Å². The largest absolute Gasteiger partial charge is 0.348 e. The number of thioether (sulfide) groups is 1. The zero-order valence-corrected chi connectivity index (χ0v) is 14.8. The van der Waals surface area contributed by atoms with Crippen LogP contribution in [0.15, 0.2) is 47.8 Å². The molecule has 0 aliphatic heterocycles. The Balaban J connectivity index is 1.96. The van der Waals surface area contributed by atoms with Gasteiger partial charge in [-0.05, 0) is 18.6 Å². The van der Waals surface area contributed by atoms with Crippen LogP contribution >= 0.6 is 23.1 Å². The molecule has 4 nitrogen and oxygen atoms in total. The van der Waals surface area contributed by atoms with Gasteiger partial charge in [0.1, 0.15) is 16.2 Å². The van der Waals surface area contributed by atoms with Gasteiger partial charge in [0.15, 0.2) is 0 Å². The molecule has 1 atom stereocenters. The van der Waals surface area contributed by atoms with Crippen molar-refractivity contribution in [3.63, 3.8) is 0 Å². The van der Waals surface area contributed by atoms with Crippen molar-refractivity contribution < 1.29 is 4.79 Å². The summed E-state index contributed by atoms with van der Waals surface area (Å²) >= 11 is 3.13. The molecule has 0 aliphatic rings. The Bertz CT molecular complexity index is 830. The van der Waals surface area contributed by atoms with Crippen LogP contribution in [-0.2, 0) is 4.79 Å². The monoisotopic (exact) mass is 343 g/mol. The molecule has 0 saturated carbocycles. The lowest BCUT2D eigenvalue weighted by molar-refractivity contribution is -0.127. The Labute approximate surface area is 143 Å². The molecule has 0 unspecified atom stereocenters. The molecule has 23 heavy (non-hydrogen) atoms. The van der Waals surface area contributed by atoms with Crippen LogP contribution in [0.3, 0.4) is 0 Å². The van der Waals surface area contributed by atoms with Gasteiger partial charge in [0.25, 0.3) is 0 Å². The molecular formula is C17H17N3OS2. The van der Waals surface area contributed by atoms with Crippen LogP contribution in [0.4, 0.5) is 0 Å². The van der Waals surface area contributed by atoms with Gasteiger partial charge < -0.3 is 4.90 Å². The zero-order chi connectivity index (χ0) is 16.4. The molecule has 0 spiro atoms. The third-order valence-electron chi connectivity index (χ3n) is 3.43. The molecule has 0 N–H and O–H groups in total. The van der Waals surface area contributed by atoms with Crippen molar-refractivity contribution >= 4 is 39.2 Å². The first-order valence-electron chi connectivity index (χ1n) is 7.24. The summed E-state index contributed by atoms with van der Waals surface area (Å²) in [6.07, 6.45) is 1.57. The third kappa shape index (κ3) is 3.38. The Kier molecular flexibility index (Phi) is 4.63. The molecular weight excluding hydrogens is 326 g/mol. The van der Waals surface area contributed by atoms with E-state index in [0.717, 1.165) is 20.1 Å². The van der Waals surface area contributed by atoms with E-state index in [1.807, 2.05) is 25.1 Å². The number of benzene rings is 1. The number of rotatable bonds is 4. The summed E-state index contributed by atoms with van der Waals surface area (Å²) < 4.78 is 0. The number of carbonyl (C=O) groups excluding carboxylic acids is 1. The molecule has 3 rings (SSSR count). The van der Waals surface area contributed by atoms with E-state index in [4.69, 9.17) is 0 Å². The molecule has 2 heterocycles. The van der Waals surface area contributed by atoms with Crippen molar-refractivity contribution in [1.82, 2.24) is 14.9 Å². The summed E-state index contributed by atoms with van der Waals surface area (Å²) in [7, 11) is 3.54. The zero-order valence-electron chi connectivity index (χ0n) is 13.2. The summed E-state index contributed by atoms with van der Waals surface area (Å²) in [6.45, 7) is 1.91.